The highest BCUT2D eigenvalue weighted by Crippen LogP contribution is 2.41. The second kappa shape index (κ2) is 5.10. The van der Waals surface area contributed by atoms with Gasteiger partial charge in [-0.05, 0) is 43.9 Å². The predicted octanol–water partition coefficient (Wildman–Crippen LogP) is 2.73. The number of nitrogens with two attached hydrogens (primary N) is 1. The van der Waals surface area contributed by atoms with E-state index in [0.29, 0.717) is 6.04 Å². The number of nitrogens with zero attached hydrogens (tertiary/aromatic N) is 1. The van der Waals surface area contributed by atoms with Gasteiger partial charge in [0, 0.05) is 10.9 Å². The van der Waals surface area contributed by atoms with E-state index in [1.54, 1.807) is 0 Å². The van der Waals surface area contributed by atoms with Gasteiger partial charge in [0.25, 0.3) is 0 Å². The van der Waals surface area contributed by atoms with E-state index in [0.717, 1.165) is 13.0 Å². The fourth-order valence-corrected chi connectivity index (χ4v) is 3.42. The van der Waals surface area contributed by atoms with Crippen LogP contribution in [0.4, 0.5) is 0 Å². The second-order valence-corrected chi connectivity index (χ2v) is 5.89. The summed E-state index contributed by atoms with van der Waals surface area (Å²) >= 11 is 1.83. The van der Waals surface area contributed by atoms with Crippen LogP contribution in [0.5, 0.6) is 0 Å². The van der Waals surface area contributed by atoms with Gasteiger partial charge in [0.1, 0.15) is 0 Å². The van der Waals surface area contributed by atoms with Crippen molar-refractivity contribution in [3.8, 4) is 0 Å². The molecule has 0 aromatic carbocycles. The van der Waals surface area contributed by atoms with E-state index in [4.69, 9.17) is 5.73 Å². The van der Waals surface area contributed by atoms with Crippen LogP contribution in [-0.4, -0.2) is 25.5 Å². The third-order valence-corrected chi connectivity index (χ3v) is 3.78. The zero-order valence-corrected chi connectivity index (χ0v) is 11.0. The van der Waals surface area contributed by atoms with E-state index >= 15 is 0 Å². The Morgan fingerprint density at radius 2 is 2.13 bits per heavy atom. The minimum atomic E-state index is 0.225. The average molecular weight is 226 g/mol. The molecule has 86 valence electrons. The Hall–Kier alpha value is -0.380. The average Bonchev–Trinajstić information content (AvgIpc) is 2.55. The van der Waals surface area contributed by atoms with E-state index in [1.165, 1.54) is 4.88 Å². The number of thiophene rings is 1. The maximum atomic E-state index is 5.69. The summed E-state index contributed by atoms with van der Waals surface area (Å²) in [4.78, 5) is 3.72. The molecule has 1 heterocycles. The first-order valence-electron chi connectivity index (χ1n) is 5.39. The van der Waals surface area contributed by atoms with Gasteiger partial charge in [-0.2, -0.15) is 0 Å². The Morgan fingerprint density at radius 3 is 2.53 bits per heavy atom. The van der Waals surface area contributed by atoms with E-state index in [2.05, 4.69) is 50.4 Å². The lowest BCUT2D eigenvalue weighted by Gasteiger charge is -2.38. The van der Waals surface area contributed by atoms with Crippen LogP contribution in [0.1, 0.15) is 31.2 Å². The van der Waals surface area contributed by atoms with E-state index in [1.807, 2.05) is 11.3 Å². The van der Waals surface area contributed by atoms with Crippen molar-refractivity contribution >= 4 is 11.3 Å². The molecule has 0 aliphatic carbocycles. The van der Waals surface area contributed by atoms with Gasteiger partial charge in [-0.3, -0.25) is 0 Å². The molecular formula is C12H22N2S. The summed E-state index contributed by atoms with van der Waals surface area (Å²) in [5, 5.41) is 2.14. The standard InChI is InChI=1S/C12H22N2S/c1-12(2,7-8-13)11(14(3)4)10-6-5-9-15-10/h5-6,9,11H,7-8,13H2,1-4H3. The smallest absolute Gasteiger partial charge is 0.0487 e. The van der Waals surface area contributed by atoms with Crippen LogP contribution in [0.25, 0.3) is 0 Å². The molecule has 0 amide bonds. The Morgan fingerprint density at radius 1 is 1.47 bits per heavy atom. The maximum Gasteiger partial charge on any atom is 0.0487 e. The molecule has 0 bridgehead atoms. The minimum absolute atomic E-state index is 0.225. The van der Waals surface area contributed by atoms with Crippen molar-refractivity contribution in [3.63, 3.8) is 0 Å². The molecule has 0 fully saturated rings. The van der Waals surface area contributed by atoms with Gasteiger partial charge >= 0.3 is 0 Å². The predicted molar refractivity (Wildman–Crippen MR) is 68.2 cm³/mol. The molecule has 0 saturated heterocycles. The summed E-state index contributed by atoms with van der Waals surface area (Å²) in [5.74, 6) is 0. The molecule has 1 aromatic rings. The minimum Gasteiger partial charge on any atom is -0.330 e. The third-order valence-electron chi connectivity index (χ3n) is 2.86. The molecular weight excluding hydrogens is 204 g/mol. The maximum absolute atomic E-state index is 5.69. The number of hydrogen-bond acceptors (Lipinski definition) is 3. The quantitative estimate of drug-likeness (QED) is 0.836. The van der Waals surface area contributed by atoms with Crippen LogP contribution in [-0.2, 0) is 0 Å². The van der Waals surface area contributed by atoms with Crippen molar-refractivity contribution in [1.82, 2.24) is 4.90 Å². The molecule has 0 saturated carbocycles. The van der Waals surface area contributed by atoms with Gasteiger partial charge in [0.05, 0.1) is 0 Å². The van der Waals surface area contributed by atoms with Gasteiger partial charge in [-0.25, -0.2) is 0 Å². The van der Waals surface area contributed by atoms with E-state index < -0.39 is 0 Å². The lowest BCUT2D eigenvalue weighted by Crippen LogP contribution is -2.34. The van der Waals surface area contributed by atoms with Gasteiger partial charge in [0.15, 0.2) is 0 Å². The highest BCUT2D eigenvalue weighted by atomic mass is 32.1. The highest BCUT2D eigenvalue weighted by molar-refractivity contribution is 7.10. The van der Waals surface area contributed by atoms with Gasteiger partial charge in [-0.15, -0.1) is 11.3 Å². The molecule has 0 aliphatic rings. The second-order valence-electron chi connectivity index (χ2n) is 4.91. The van der Waals surface area contributed by atoms with Crippen molar-refractivity contribution in [2.45, 2.75) is 26.3 Å². The molecule has 2 N–H and O–H groups in total. The summed E-state index contributed by atoms with van der Waals surface area (Å²) in [6, 6.07) is 4.80. The topological polar surface area (TPSA) is 29.3 Å². The molecule has 0 aliphatic heterocycles. The van der Waals surface area contributed by atoms with E-state index in [-0.39, 0.29) is 5.41 Å². The lowest BCUT2D eigenvalue weighted by molar-refractivity contribution is 0.131. The van der Waals surface area contributed by atoms with Gasteiger partial charge in [0.2, 0.25) is 0 Å². The number of hydrogen-bond donors (Lipinski definition) is 1. The normalized spacial score (nSPS) is 14.5. The number of rotatable bonds is 5. The SMILES string of the molecule is CN(C)C(c1cccs1)C(C)(C)CCN. The molecule has 3 heteroatoms. The molecule has 1 unspecified atom stereocenters. The summed E-state index contributed by atoms with van der Waals surface area (Å²) in [6.07, 6.45) is 1.05. The molecule has 1 rings (SSSR count). The van der Waals surface area contributed by atoms with Crippen LogP contribution < -0.4 is 5.73 Å². The fraction of sp³-hybridized carbons (Fsp3) is 0.667. The van der Waals surface area contributed by atoms with Crippen molar-refractivity contribution in [2.75, 3.05) is 20.6 Å². The van der Waals surface area contributed by atoms with Crippen LogP contribution >= 0.6 is 11.3 Å². The van der Waals surface area contributed by atoms with Crippen LogP contribution in [0, 0.1) is 5.41 Å². The summed E-state index contributed by atoms with van der Waals surface area (Å²) in [5.41, 5.74) is 5.92. The first kappa shape index (κ1) is 12.7. The van der Waals surface area contributed by atoms with Crippen LogP contribution in [0.2, 0.25) is 0 Å². The Balaban J connectivity index is 2.93. The van der Waals surface area contributed by atoms with E-state index in [9.17, 15) is 0 Å². The van der Waals surface area contributed by atoms with Crippen LogP contribution in [0.3, 0.4) is 0 Å². The van der Waals surface area contributed by atoms with Gasteiger partial charge < -0.3 is 10.6 Å². The monoisotopic (exact) mass is 226 g/mol. The summed E-state index contributed by atoms with van der Waals surface area (Å²) < 4.78 is 0. The Labute approximate surface area is 97.1 Å². The molecule has 1 atom stereocenters. The molecule has 0 spiro atoms. The lowest BCUT2D eigenvalue weighted by atomic mass is 9.80. The third kappa shape index (κ3) is 3.03. The van der Waals surface area contributed by atoms with Crippen LogP contribution in [0.15, 0.2) is 17.5 Å². The molecule has 15 heavy (non-hydrogen) atoms. The molecule has 1 aromatic heterocycles. The first-order valence-corrected chi connectivity index (χ1v) is 6.27. The zero-order valence-electron chi connectivity index (χ0n) is 10.2. The zero-order chi connectivity index (χ0) is 11.5. The van der Waals surface area contributed by atoms with Crippen molar-refractivity contribution in [1.29, 1.82) is 0 Å². The van der Waals surface area contributed by atoms with Gasteiger partial charge in [-0.1, -0.05) is 19.9 Å². The summed E-state index contributed by atoms with van der Waals surface area (Å²) in [7, 11) is 4.28. The highest BCUT2D eigenvalue weighted by Gasteiger charge is 2.32. The van der Waals surface area contributed by atoms with Crippen molar-refractivity contribution in [2.24, 2.45) is 11.1 Å². The van der Waals surface area contributed by atoms with Crippen molar-refractivity contribution < 1.29 is 0 Å². The summed E-state index contributed by atoms with van der Waals surface area (Å²) in [6.45, 7) is 5.34. The first-order chi connectivity index (χ1) is 6.99. The Kier molecular flexibility index (Phi) is 4.32. The molecule has 0 radical (unpaired) electrons. The fourth-order valence-electron chi connectivity index (χ4n) is 2.29. The molecule has 2 nitrogen and oxygen atoms in total. The van der Waals surface area contributed by atoms with Crippen molar-refractivity contribution in [3.05, 3.63) is 22.4 Å². The largest absolute Gasteiger partial charge is 0.330 e. The Bertz CT molecular complexity index is 278.